The first-order valence-corrected chi connectivity index (χ1v) is 17.9. The lowest BCUT2D eigenvalue weighted by Gasteiger charge is -2.14. The lowest BCUT2D eigenvalue weighted by molar-refractivity contribution is 0.670. The van der Waals surface area contributed by atoms with Crippen LogP contribution in [0.25, 0.3) is 100.0 Å². The molecule has 0 radical (unpaired) electrons. The second-order valence-corrected chi connectivity index (χ2v) is 13.4. The van der Waals surface area contributed by atoms with Gasteiger partial charge in [0.2, 0.25) is 0 Å². The minimum absolute atomic E-state index is 0.683. The summed E-state index contributed by atoms with van der Waals surface area (Å²) in [5, 5.41) is 4.63. The summed E-state index contributed by atoms with van der Waals surface area (Å²) in [5.74, 6) is 0.683. The fraction of sp³-hybridized carbons (Fsp3) is 0. The zero-order valence-corrected chi connectivity index (χ0v) is 28.8. The third kappa shape index (κ3) is 5.75. The summed E-state index contributed by atoms with van der Waals surface area (Å²) in [4.78, 5) is 10.4. The molecule has 0 aliphatic heterocycles. The Hall–Kier alpha value is -7.10. The highest BCUT2D eigenvalue weighted by molar-refractivity contribution is 6.10. The molecular weight excluding hydrogens is 645 g/mol. The van der Waals surface area contributed by atoms with Crippen molar-refractivity contribution in [1.29, 1.82) is 0 Å². The molecule has 0 saturated heterocycles. The number of aromatic nitrogens is 2. The number of para-hydroxylation sites is 2. The maximum Gasteiger partial charge on any atom is 0.160 e. The molecule has 0 spiro atoms. The van der Waals surface area contributed by atoms with Gasteiger partial charge in [-0.05, 0) is 75.0 Å². The van der Waals surface area contributed by atoms with Gasteiger partial charge in [-0.1, -0.05) is 158 Å². The van der Waals surface area contributed by atoms with E-state index in [2.05, 4.69) is 158 Å². The second kappa shape index (κ2) is 12.9. The molecule has 0 atom stereocenters. The van der Waals surface area contributed by atoms with Gasteiger partial charge in [0.15, 0.2) is 5.82 Å². The fourth-order valence-corrected chi connectivity index (χ4v) is 7.36. The van der Waals surface area contributed by atoms with E-state index in [1.165, 1.54) is 21.9 Å². The van der Waals surface area contributed by atoms with Gasteiger partial charge in [-0.15, -0.1) is 0 Å². The second-order valence-electron chi connectivity index (χ2n) is 13.4. The van der Waals surface area contributed by atoms with Gasteiger partial charge in [-0.3, -0.25) is 0 Å². The Morgan fingerprint density at radius 2 is 0.906 bits per heavy atom. The lowest BCUT2D eigenvalue weighted by atomic mass is 9.93. The van der Waals surface area contributed by atoms with Gasteiger partial charge >= 0.3 is 0 Å². The standard InChI is InChI=1S/C50H32N2O/c1-3-12-33(13-4-1)35-22-25-36(26-23-35)46-32-47(52-50(51-46)37-15-5-2-6-16-37)42-30-40(39-27-24-34-14-7-8-17-38(34)28-39)29-41(31-42)43-19-11-20-45-44-18-9-10-21-48(44)53-49(43)45/h1-32H. The van der Waals surface area contributed by atoms with E-state index in [0.717, 1.165) is 72.3 Å². The van der Waals surface area contributed by atoms with Crippen molar-refractivity contribution in [2.75, 3.05) is 0 Å². The van der Waals surface area contributed by atoms with Crippen molar-refractivity contribution < 1.29 is 4.42 Å². The van der Waals surface area contributed by atoms with Crippen molar-refractivity contribution in [3.8, 4) is 67.3 Å². The molecule has 53 heavy (non-hydrogen) atoms. The van der Waals surface area contributed by atoms with Crippen LogP contribution in [0, 0.1) is 0 Å². The third-order valence-corrected chi connectivity index (χ3v) is 10.1. The van der Waals surface area contributed by atoms with Gasteiger partial charge < -0.3 is 4.42 Å². The zero-order chi connectivity index (χ0) is 35.1. The number of hydrogen-bond acceptors (Lipinski definition) is 3. The molecule has 0 N–H and O–H groups in total. The van der Waals surface area contributed by atoms with Crippen LogP contribution in [0.3, 0.4) is 0 Å². The molecule has 0 bridgehead atoms. The SMILES string of the molecule is c1ccc(-c2ccc(-c3cc(-c4cc(-c5ccc6ccccc6c5)cc(-c5cccc6c5oc5ccccc56)c4)nc(-c4ccccc4)n3)cc2)cc1. The Labute approximate surface area is 307 Å². The fourth-order valence-electron chi connectivity index (χ4n) is 7.36. The number of benzene rings is 8. The number of rotatable bonds is 6. The van der Waals surface area contributed by atoms with Gasteiger partial charge in [0.05, 0.1) is 11.4 Å². The third-order valence-electron chi connectivity index (χ3n) is 10.1. The van der Waals surface area contributed by atoms with Crippen molar-refractivity contribution in [1.82, 2.24) is 9.97 Å². The predicted molar refractivity (Wildman–Crippen MR) is 219 cm³/mol. The molecule has 0 saturated carbocycles. The van der Waals surface area contributed by atoms with E-state index >= 15 is 0 Å². The zero-order valence-electron chi connectivity index (χ0n) is 28.8. The monoisotopic (exact) mass is 676 g/mol. The van der Waals surface area contributed by atoms with E-state index in [1.807, 2.05) is 36.4 Å². The molecule has 10 aromatic rings. The van der Waals surface area contributed by atoms with Crippen molar-refractivity contribution >= 4 is 32.7 Å². The molecular formula is C50H32N2O. The summed E-state index contributed by atoms with van der Waals surface area (Å²) in [5.41, 5.74) is 13.2. The highest BCUT2D eigenvalue weighted by atomic mass is 16.3. The smallest absolute Gasteiger partial charge is 0.160 e. The van der Waals surface area contributed by atoms with Gasteiger partial charge in [0, 0.05) is 33.0 Å². The van der Waals surface area contributed by atoms with E-state index in [-0.39, 0.29) is 0 Å². The van der Waals surface area contributed by atoms with Crippen molar-refractivity contribution in [2.24, 2.45) is 0 Å². The van der Waals surface area contributed by atoms with Crippen molar-refractivity contribution in [3.63, 3.8) is 0 Å². The molecule has 0 amide bonds. The highest BCUT2D eigenvalue weighted by Crippen LogP contribution is 2.40. The quantitative estimate of drug-likeness (QED) is 0.176. The average molecular weight is 677 g/mol. The van der Waals surface area contributed by atoms with Crippen LogP contribution >= 0.6 is 0 Å². The predicted octanol–water partition coefficient (Wildman–Crippen LogP) is 13.5. The van der Waals surface area contributed by atoms with Gasteiger partial charge in [0.25, 0.3) is 0 Å². The van der Waals surface area contributed by atoms with Crippen LogP contribution < -0.4 is 0 Å². The molecule has 248 valence electrons. The van der Waals surface area contributed by atoms with Crippen LogP contribution in [0.1, 0.15) is 0 Å². The molecule has 10 rings (SSSR count). The van der Waals surface area contributed by atoms with Crippen LogP contribution in [-0.4, -0.2) is 9.97 Å². The highest BCUT2D eigenvalue weighted by Gasteiger charge is 2.17. The first kappa shape index (κ1) is 30.7. The molecule has 3 nitrogen and oxygen atoms in total. The Kier molecular flexibility index (Phi) is 7.47. The summed E-state index contributed by atoms with van der Waals surface area (Å²) in [6.45, 7) is 0. The Balaban J connectivity index is 1.19. The molecule has 8 aromatic carbocycles. The van der Waals surface area contributed by atoms with Crippen molar-refractivity contribution in [2.45, 2.75) is 0 Å². The average Bonchev–Trinajstić information content (AvgIpc) is 3.63. The van der Waals surface area contributed by atoms with Crippen LogP contribution in [0.2, 0.25) is 0 Å². The Morgan fingerprint density at radius 1 is 0.321 bits per heavy atom. The Morgan fingerprint density at radius 3 is 1.72 bits per heavy atom. The van der Waals surface area contributed by atoms with Crippen LogP contribution in [-0.2, 0) is 0 Å². The topological polar surface area (TPSA) is 38.9 Å². The summed E-state index contributed by atoms with van der Waals surface area (Å²) in [6.07, 6.45) is 0. The molecule has 0 aliphatic carbocycles. The van der Waals surface area contributed by atoms with Crippen LogP contribution in [0.5, 0.6) is 0 Å². The number of furan rings is 1. The molecule has 0 unspecified atom stereocenters. The van der Waals surface area contributed by atoms with E-state index in [0.29, 0.717) is 5.82 Å². The summed E-state index contributed by atoms with van der Waals surface area (Å²) >= 11 is 0. The molecule has 2 aromatic heterocycles. The van der Waals surface area contributed by atoms with Gasteiger partial charge in [-0.25, -0.2) is 9.97 Å². The van der Waals surface area contributed by atoms with E-state index in [1.54, 1.807) is 0 Å². The summed E-state index contributed by atoms with van der Waals surface area (Å²) in [7, 11) is 0. The molecule has 3 heteroatoms. The molecule has 2 heterocycles. The number of hydrogen-bond donors (Lipinski definition) is 0. The largest absolute Gasteiger partial charge is 0.455 e. The maximum absolute atomic E-state index is 6.56. The molecule has 0 aliphatic rings. The minimum atomic E-state index is 0.683. The van der Waals surface area contributed by atoms with E-state index < -0.39 is 0 Å². The first-order chi connectivity index (χ1) is 26.2. The van der Waals surface area contributed by atoms with Crippen LogP contribution in [0.4, 0.5) is 0 Å². The summed E-state index contributed by atoms with van der Waals surface area (Å²) in [6, 6.07) is 68.1. The normalized spacial score (nSPS) is 11.4. The van der Waals surface area contributed by atoms with E-state index in [4.69, 9.17) is 14.4 Å². The summed E-state index contributed by atoms with van der Waals surface area (Å²) < 4.78 is 6.56. The minimum Gasteiger partial charge on any atom is -0.455 e. The maximum atomic E-state index is 6.56. The van der Waals surface area contributed by atoms with Crippen molar-refractivity contribution in [3.05, 3.63) is 194 Å². The Bertz CT molecular complexity index is 2930. The molecule has 0 fully saturated rings. The van der Waals surface area contributed by atoms with E-state index in [9.17, 15) is 0 Å². The van der Waals surface area contributed by atoms with Gasteiger partial charge in [0.1, 0.15) is 11.2 Å². The van der Waals surface area contributed by atoms with Crippen LogP contribution in [0.15, 0.2) is 199 Å². The number of nitrogens with zero attached hydrogens (tertiary/aromatic N) is 2. The number of fused-ring (bicyclic) bond motifs is 4. The van der Waals surface area contributed by atoms with Gasteiger partial charge in [-0.2, -0.15) is 0 Å². The lowest BCUT2D eigenvalue weighted by Crippen LogP contribution is -1.96. The first-order valence-electron chi connectivity index (χ1n) is 17.9.